The molecule has 0 fully saturated rings. The van der Waals surface area contributed by atoms with Gasteiger partial charge in [-0.1, -0.05) is 0 Å². The second kappa shape index (κ2) is 7.46. The van der Waals surface area contributed by atoms with E-state index in [-0.39, 0.29) is 32.7 Å². The molecular formula is C20H17FN2O5S2. The van der Waals surface area contributed by atoms with Gasteiger partial charge in [-0.05, 0) is 66.9 Å². The fourth-order valence-electron chi connectivity index (χ4n) is 3.19. The molecule has 1 aliphatic rings. The van der Waals surface area contributed by atoms with Gasteiger partial charge in [0.25, 0.3) is 0 Å². The van der Waals surface area contributed by atoms with Gasteiger partial charge in [-0.25, -0.2) is 25.9 Å². The first-order chi connectivity index (χ1) is 14.2. The maximum absolute atomic E-state index is 13.6. The zero-order valence-corrected chi connectivity index (χ0v) is 17.4. The Bertz CT molecular complexity index is 1340. The summed E-state index contributed by atoms with van der Waals surface area (Å²) in [5, 5.41) is 0. The topological polar surface area (TPSA) is 102 Å². The monoisotopic (exact) mass is 448 g/mol. The van der Waals surface area contributed by atoms with Crippen molar-refractivity contribution in [2.75, 3.05) is 6.54 Å². The van der Waals surface area contributed by atoms with E-state index >= 15 is 0 Å². The van der Waals surface area contributed by atoms with Crippen LogP contribution in [0.15, 0.2) is 69.5 Å². The molecule has 30 heavy (non-hydrogen) atoms. The van der Waals surface area contributed by atoms with Crippen molar-refractivity contribution >= 4 is 19.9 Å². The minimum absolute atomic E-state index is 0.00217. The van der Waals surface area contributed by atoms with Crippen molar-refractivity contribution in [3.63, 3.8) is 0 Å². The molecule has 1 N–H and O–H groups in total. The number of benzene rings is 2. The van der Waals surface area contributed by atoms with Crippen molar-refractivity contribution in [1.29, 1.82) is 0 Å². The SMILES string of the molecule is Cc1cc2c(cc1S(=O)(=O)NCCc1ccncc1)S(=O)(=O)c1cc(F)ccc1O2. The molecule has 0 amide bonds. The van der Waals surface area contributed by atoms with Crippen LogP contribution in [0, 0.1) is 12.7 Å². The lowest BCUT2D eigenvalue weighted by Crippen LogP contribution is -2.27. The summed E-state index contributed by atoms with van der Waals surface area (Å²) in [6.45, 7) is 1.67. The smallest absolute Gasteiger partial charge is 0.240 e. The van der Waals surface area contributed by atoms with E-state index in [4.69, 9.17) is 4.74 Å². The lowest BCUT2D eigenvalue weighted by atomic mass is 10.2. The molecule has 3 aromatic rings. The zero-order chi connectivity index (χ0) is 21.5. The Kier molecular flexibility index (Phi) is 5.08. The number of hydrogen-bond acceptors (Lipinski definition) is 6. The van der Waals surface area contributed by atoms with Crippen molar-refractivity contribution in [3.8, 4) is 11.5 Å². The summed E-state index contributed by atoms with van der Waals surface area (Å²) in [6.07, 6.45) is 3.67. The van der Waals surface area contributed by atoms with Gasteiger partial charge in [0.2, 0.25) is 19.9 Å². The number of fused-ring (bicyclic) bond motifs is 2. The number of halogens is 1. The van der Waals surface area contributed by atoms with Crippen LogP contribution in [0.3, 0.4) is 0 Å². The Balaban J connectivity index is 1.67. The van der Waals surface area contributed by atoms with Crippen LogP contribution in [0.1, 0.15) is 11.1 Å². The van der Waals surface area contributed by atoms with Gasteiger partial charge in [-0.3, -0.25) is 4.98 Å². The minimum atomic E-state index is -4.15. The van der Waals surface area contributed by atoms with E-state index in [0.29, 0.717) is 12.0 Å². The summed E-state index contributed by atoms with van der Waals surface area (Å²) < 4.78 is 73.2. The quantitative estimate of drug-likeness (QED) is 0.504. The number of hydrogen-bond donors (Lipinski definition) is 1. The van der Waals surface area contributed by atoms with Gasteiger partial charge < -0.3 is 4.74 Å². The summed E-state index contributed by atoms with van der Waals surface area (Å²) in [7, 11) is -8.14. The number of pyridine rings is 1. The average Bonchev–Trinajstić information content (AvgIpc) is 2.69. The molecule has 1 aromatic heterocycles. The maximum atomic E-state index is 13.6. The van der Waals surface area contributed by atoms with Crippen molar-refractivity contribution in [1.82, 2.24) is 9.71 Å². The van der Waals surface area contributed by atoms with Crippen LogP contribution in [0.5, 0.6) is 11.5 Å². The van der Waals surface area contributed by atoms with E-state index in [2.05, 4.69) is 9.71 Å². The highest BCUT2D eigenvalue weighted by Crippen LogP contribution is 2.44. The summed E-state index contributed by atoms with van der Waals surface area (Å²) in [5.74, 6) is -0.737. The van der Waals surface area contributed by atoms with Gasteiger partial charge in [0.05, 0.1) is 4.90 Å². The highest BCUT2D eigenvalue weighted by molar-refractivity contribution is 7.92. The molecule has 0 bridgehead atoms. The maximum Gasteiger partial charge on any atom is 0.240 e. The Labute approximate surface area is 173 Å². The summed E-state index contributed by atoms with van der Waals surface area (Å²) in [5.41, 5.74) is 1.23. The number of aryl methyl sites for hydroxylation is 1. The molecule has 10 heteroatoms. The lowest BCUT2D eigenvalue weighted by molar-refractivity contribution is 0.438. The third kappa shape index (κ3) is 3.69. The number of nitrogens with zero attached hydrogens (tertiary/aromatic N) is 1. The molecule has 1 aliphatic heterocycles. The van der Waals surface area contributed by atoms with E-state index in [1.807, 2.05) is 0 Å². The van der Waals surface area contributed by atoms with E-state index in [0.717, 1.165) is 23.8 Å². The highest BCUT2D eigenvalue weighted by atomic mass is 32.2. The number of sulfonamides is 1. The lowest BCUT2D eigenvalue weighted by Gasteiger charge is -2.22. The van der Waals surface area contributed by atoms with Crippen molar-refractivity contribution < 1.29 is 26.0 Å². The summed E-state index contributed by atoms with van der Waals surface area (Å²) in [6, 6.07) is 9.15. The van der Waals surface area contributed by atoms with Crippen LogP contribution in [0.25, 0.3) is 0 Å². The van der Waals surface area contributed by atoms with Gasteiger partial charge in [0.1, 0.15) is 27.1 Å². The van der Waals surface area contributed by atoms with E-state index < -0.39 is 25.7 Å². The van der Waals surface area contributed by atoms with Crippen LogP contribution >= 0.6 is 0 Å². The second-order valence-electron chi connectivity index (χ2n) is 6.76. The summed E-state index contributed by atoms with van der Waals surface area (Å²) in [4.78, 5) is 3.07. The van der Waals surface area contributed by atoms with Crippen LogP contribution < -0.4 is 9.46 Å². The Morgan fingerprint density at radius 1 is 1.03 bits per heavy atom. The number of sulfone groups is 1. The predicted octanol–water partition coefficient (Wildman–Crippen LogP) is 2.99. The van der Waals surface area contributed by atoms with Gasteiger partial charge in [0.15, 0.2) is 0 Å². The van der Waals surface area contributed by atoms with Gasteiger partial charge in [0, 0.05) is 18.9 Å². The van der Waals surface area contributed by atoms with E-state index in [1.54, 1.807) is 31.5 Å². The Morgan fingerprint density at radius 3 is 2.47 bits per heavy atom. The first-order valence-corrected chi connectivity index (χ1v) is 11.9. The molecule has 2 aromatic carbocycles. The predicted molar refractivity (Wildman–Crippen MR) is 106 cm³/mol. The average molecular weight is 448 g/mol. The number of nitrogens with one attached hydrogen (secondary N) is 1. The summed E-state index contributed by atoms with van der Waals surface area (Å²) >= 11 is 0. The van der Waals surface area contributed by atoms with Crippen LogP contribution in [0.4, 0.5) is 4.39 Å². The largest absolute Gasteiger partial charge is 0.455 e. The molecule has 0 radical (unpaired) electrons. The molecule has 0 saturated heterocycles. The van der Waals surface area contributed by atoms with E-state index in [1.165, 1.54) is 12.1 Å². The number of rotatable bonds is 5. The molecule has 4 rings (SSSR count). The molecule has 0 saturated carbocycles. The second-order valence-corrected chi connectivity index (χ2v) is 10.4. The highest BCUT2D eigenvalue weighted by Gasteiger charge is 2.34. The fourth-order valence-corrected chi connectivity index (χ4v) is 6.07. The fraction of sp³-hybridized carbons (Fsp3) is 0.150. The first kappa shape index (κ1) is 20.5. The Morgan fingerprint density at radius 2 is 1.73 bits per heavy atom. The number of ether oxygens (including phenoxy) is 1. The molecule has 0 unspecified atom stereocenters. The van der Waals surface area contributed by atoms with Gasteiger partial charge >= 0.3 is 0 Å². The van der Waals surface area contributed by atoms with Crippen LogP contribution in [0.2, 0.25) is 0 Å². The molecule has 156 valence electrons. The normalized spacial score (nSPS) is 14.5. The third-order valence-corrected chi connectivity index (χ3v) is 8.09. The van der Waals surface area contributed by atoms with Gasteiger partial charge in [-0.15, -0.1) is 0 Å². The Hall–Kier alpha value is -2.82. The molecular weight excluding hydrogens is 431 g/mol. The van der Waals surface area contributed by atoms with Crippen molar-refractivity contribution in [3.05, 3.63) is 71.8 Å². The molecule has 0 spiro atoms. The van der Waals surface area contributed by atoms with E-state index in [9.17, 15) is 21.2 Å². The van der Waals surface area contributed by atoms with Crippen molar-refractivity contribution in [2.24, 2.45) is 0 Å². The standard InChI is InChI=1S/C20H17FN2O5S2/c1-13-10-17-20(29(24,25)19-11-15(21)2-3-16(19)28-17)12-18(13)30(26,27)23-9-6-14-4-7-22-8-5-14/h2-5,7-8,10-12,23H,6,9H2,1H3. The third-order valence-electron chi connectivity index (χ3n) is 4.69. The molecule has 0 atom stereocenters. The minimum Gasteiger partial charge on any atom is -0.455 e. The van der Waals surface area contributed by atoms with Crippen molar-refractivity contribution in [2.45, 2.75) is 28.0 Å². The van der Waals surface area contributed by atoms with Crippen LogP contribution in [-0.4, -0.2) is 28.4 Å². The van der Waals surface area contributed by atoms with Gasteiger partial charge in [-0.2, -0.15) is 0 Å². The molecule has 0 aliphatic carbocycles. The van der Waals surface area contributed by atoms with Crippen LogP contribution in [-0.2, 0) is 26.3 Å². The first-order valence-electron chi connectivity index (χ1n) is 8.94. The number of aromatic nitrogens is 1. The molecule has 2 heterocycles. The molecule has 7 nitrogen and oxygen atoms in total. The zero-order valence-electron chi connectivity index (χ0n) is 15.8.